The normalized spacial score (nSPS) is 8.09. The summed E-state index contributed by atoms with van der Waals surface area (Å²) in [5.74, 6) is 0.966. The molecule has 56 valence electrons. The van der Waals surface area contributed by atoms with Crippen LogP contribution in [0.5, 0.6) is 0 Å². The van der Waals surface area contributed by atoms with Gasteiger partial charge in [-0.3, -0.25) is 4.98 Å². The molecule has 1 aromatic rings. The summed E-state index contributed by atoms with van der Waals surface area (Å²) in [6, 6.07) is 6.62. The van der Waals surface area contributed by atoms with Crippen molar-refractivity contribution < 1.29 is 16.3 Å². The van der Waals surface area contributed by atoms with E-state index in [-0.39, 0.29) is 0 Å². The summed E-state index contributed by atoms with van der Waals surface area (Å²) in [5.41, 5.74) is 0. The van der Waals surface area contributed by atoms with Crippen molar-refractivity contribution >= 4 is 19.4 Å². The Morgan fingerprint density at radius 1 is 1.55 bits per heavy atom. The molecule has 0 radical (unpaired) electrons. The first-order chi connectivity index (χ1) is 5.30. The molecule has 0 aliphatic heterocycles. The van der Waals surface area contributed by atoms with Gasteiger partial charge in [-0.1, -0.05) is 6.20 Å². The fraction of sp³-hybridized carbons (Fsp3) is 0.286. The summed E-state index contributed by atoms with van der Waals surface area (Å²) >= 11 is 4.25. The van der Waals surface area contributed by atoms with E-state index in [1.54, 1.807) is 6.20 Å². The van der Waals surface area contributed by atoms with Crippen molar-refractivity contribution in [2.45, 2.75) is 0 Å². The molecule has 0 unspecified atom stereocenters. The molecular formula is C7H9BrN2Zn. The van der Waals surface area contributed by atoms with Crippen LogP contribution in [0.2, 0.25) is 0 Å². The van der Waals surface area contributed by atoms with Gasteiger partial charge in [0.2, 0.25) is 0 Å². The zero-order chi connectivity index (χ0) is 8.69. The van der Waals surface area contributed by atoms with Crippen molar-refractivity contribution in [3.05, 3.63) is 24.4 Å². The predicted octanol–water partition coefficient (Wildman–Crippen LogP) is 1.79. The van der Waals surface area contributed by atoms with Gasteiger partial charge in [0.15, 0.2) is 0 Å². The minimum absolute atomic E-state index is 0.966. The summed E-state index contributed by atoms with van der Waals surface area (Å²) in [6.07, 6.45) is 1.66. The molecular weight excluding hydrogens is 257 g/mol. The Kier molecular flexibility index (Phi) is 6.78. The van der Waals surface area contributed by atoms with Crippen LogP contribution in [0, 0.1) is 6.07 Å². The van der Waals surface area contributed by atoms with Crippen molar-refractivity contribution in [1.29, 1.82) is 0 Å². The number of pyridine rings is 1. The molecule has 0 saturated carbocycles. The van der Waals surface area contributed by atoms with Gasteiger partial charge >= 0.3 is 30.0 Å². The quantitative estimate of drug-likeness (QED) is 0.569. The van der Waals surface area contributed by atoms with Crippen molar-refractivity contribution in [3.8, 4) is 0 Å². The fourth-order valence-electron chi connectivity index (χ4n) is 0.577. The Bertz CT molecular complexity index is 179. The number of hydrogen-bond donors (Lipinski definition) is 0. The van der Waals surface area contributed by atoms with E-state index in [2.05, 4.69) is 24.7 Å². The minimum atomic E-state index is 0.966. The van der Waals surface area contributed by atoms with Crippen LogP contribution in [-0.2, 0) is 16.3 Å². The Labute approximate surface area is 84.0 Å². The van der Waals surface area contributed by atoms with Gasteiger partial charge in [-0.15, -0.1) is 0 Å². The second-order valence-corrected chi connectivity index (χ2v) is 2.01. The standard InChI is InChI=1S/C7H9N2.BrH.Zn/c1-9(2)7-5-3-4-6-8-7;;/h3,5-6H,1-2H3;1H;/q-1;;+2/p-1. The molecule has 0 spiro atoms. The summed E-state index contributed by atoms with van der Waals surface area (Å²) in [4.78, 5) is 6.00. The number of hydrogen-bond acceptors (Lipinski definition) is 2. The molecule has 1 aromatic heterocycles. The van der Waals surface area contributed by atoms with E-state index in [0.29, 0.717) is 0 Å². The van der Waals surface area contributed by atoms with Crippen LogP contribution in [0.25, 0.3) is 0 Å². The van der Waals surface area contributed by atoms with Crippen LogP contribution in [-0.4, -0.2) is 19.1 Å². The SMILES string of the molecule is CN(C)c1cc[c-]cn1.[Zn+][Br]. The Morgan fingerprint density at radius 2 is 2.18 bits per heavy atom. The number of halogens is 1. The van der Waals surface area contributed by atoms with E-state index in [1.165, 1.54) is 16.3 Å². The van der Waals surface area contributed by atoms with Crippen molar-refractivity contribution in [1.82, 2.24) is 4.98 Å². The third-order valence-electron chi connectivity index (χ3n) is 1.06. The molecule has 0 atom stereocenters. The first-order valence-electron chi connectivity index (χ1n) is 3.07. The zero-order valence-corrected chi connectivity index (χ0v) is 11.3. The number of rotatable bonds is 1. The van der Waals surface area contributed by atoms with Gasteiger partial charge in [0.25, 0.3) is 0 Å². The van der Waals surface area contributed by atoms with Crippen LogP contribution in [0.15, 0.2) is 18.3 Å². The monoisotopic (exact) mass is 264 g/mol. The third-order valence-corrected chi connectivity index (χ3v) is 1.06. The Hall–Kier alpha value is 0.0534. The van der Waals surface area contributed by atoms with E-state index >= 15 is 0 Å². The molecule has 1 heterocycles. The second kappa shape index (κ2) is 6.74. The van der Waals surface area contributed by atoms with Gasteiger partial charge in [-0.05, 0) is 0 Å². The van der Waals surface area contributed by atoms with E-state index in [0.717, 1.165) is 5.82 Å². The van der Waals surface area contributed by atoms with E-state index in [9.17, 15) is 0 Å². The van der Waals surface area contributed by atoms with Gasteiger partial charge in [0.05, 0.1) is 0 Å². The number of anilines is 1. The molecule has 0 fully saturated rings. The van der Waals surface area contributed by atoms with Crippen LogP contribution in [0.4, 0.5) is 5.82 Å². The first kappa shape index (κ1) is 11.1. The summed E-state index contributed by atoms with van der Waals surface area (Å²) in [5, 5.41) is 0. The van der Waals surface area contributed by atoms with Gasteiger partial charge in [-0.25, -0.2) is 12.1 Å². The molecule has 0 aliphatic carbocycles. The van der Waals surface area contributed by atoms with Crippen LogP contribution < -0.4 is 4.90 Å². The van der Waals surface area contributed by atoms with Crippen LogP contribution >= 0.6 is 13.6 Å². The average Bonchev–Trinajstić information content (AvgIpc) is 2.10. The van der Waals surface area contributed by atoms with Crippen LogP contribution in [0.3, 0.4) is 0 Å². The molecule has 1 rings (SSSR count). The molecule has 4 heteroatoms. The van der Waals surface area contributed by atoms with Crippen molar-refractivity contribution in [2.75, 3.05) is 19.0 Å². The molecule has 11 heavy (non-hydrogen) atoms. The van der Waals surface area contributed by atoms with Crippen molar-refractivity contribution in [2.24, 2.45) is 0 Å². The van der Waals surface area contributed by atoms with Crippen molar-refractivity contribution in [3.63, 3.8) is 0 Å². The maximum absolute atomic E-state index is 4.05. The summed E-state index contributed by atoms with van der Waals surface area (Å²) < 4.78 is 0. The number of nitrogens with zero attached hydrogens (tertiary/aromatic N) is 2. The Balaban J connectivity index is 0.000000461. The molecule has 0 aliphatic rings. The first-order valence-corrected chi connectivity index (χ1v) is 10.0. The Morgan fingerprint density at radius 3 is 2.45 bits per heavy atom. The molecule has 0 bridgehead atoms. The third kappa shape index (κ3) is 4.49. The zero-order valence-electron chi connectivity index (χ0n) is 6.71. The fourth-order valence-corrected chi connectivity index (χ4v) is 0.577. The van der Waals surface area contributed by atoms with Gasteiger partial charge in [-0.2, -0.15) is 6.07 Å². The molecule has 0 saturated heterocycles. The molecule has 0 aromatic carbocycles. The molecule has 0 amide bonds. The molecule has 0 N–H and O–H groups in total. The van der Waals surface area contributed by atoms with E-state index in [4.69, 9.17) is 0 Å². The second-order valence-electron chi connectivity index (χ2n) is 2.01. The summed E-state index contributed by atoms with van der Waals surface area (Å²) in [6.45, 7) is 0. The van der Waals surface area contributed by atoms with Gasteiger partial charge in [0.1, 0.15) is 0 Å². The van der Waals surface area contributed by atoms with Crippen LogP contribution in [0.1, 0.15) is 0 Å². The number of aromatic nitrogens is 1. The topological polar surface area (TPSA) is 16.1 Å². The van der Waals surface area contributed by atoms with E-state index in [1.807, 2.05) is 31.1 Å². The van der Waals surface area contributed by atoms with Gasteiger partial charge < -0.3 is 4.90 Å². The maximum atomic E-state index is 4.05. The predicted molar refractivity (Wildman–Crippen MR) is 46.3 cm³/mol. The van der Waals surface area contributed by atoms with Gasteiger partial charge in [0, 0.05) is 19.9 Å². The average molecular weight is 266 g/mol. The van der Waals surface area contributed by atoms with E-state index < -0.39 is 0 Å². The summed E-state index contributed by atoms with van der Waals surface area (Å²) in [7, 11) is 3.92. The molecule has 2 nitrogen and oxygen atoms in total.